The van der Waals surface area contributed by atoms with E-state index in [0.29, 0.717) is 12.2 Å². The maximum Gasteiger partial charge on any atom is 0.315 e. The zero-order valence-electron chi connectivity index (χ0n) is 12.8. The molecule has 1 aromatic heterocycles. The molecule has 2 atom stereocenters. The molecule has 0 aliphatic rings. The highest BCUT2D eigenvalue weighted by Gasteiger charge is 2.23. The Balaban J connectivity index is 2.56. The Morgan fingerprint density at radius 3 is 2.52 bits per heavy atom. The highest BCUT2D eigenvalue weighted by molar-refractivity contribution is 5.76. The number of hydrogen-bond donors (Lipinski definition) is 4. The van der Waals surface area contributed by atoms with Crippen LogP contribution in [0.4, 0.5) is 4.79 Å². The minimum atomic E-state index is -0.937. The zero-order valence-corrected chi connectivity index (χ0v) is 12.8. The molecule has 1 aromatic rings. The third-order valence-electron chi connectivity index (χ3n) is 2.81. The number of carbonyl (C=O) groups excluding carboxylic acids is 1. The van der Waals surface area contributed by atoms with Crippen molar-refractivity contribution in [3.63, 3.8) is 0 Å². The van der Waals surface area contributed by atoms with Crippen molar-refractivity contribution in [2.45, 2.75) is 52.6 Å². The van der Waals surface area contributed by atoms with Crippen LogP contribution in [-0.4, -0.2) is 38.3 Å². The van der Waals surface area contributed by atoms with Gasteiger partial charge in [-0.2, -0.15) is 5.10 Å². The number of urea groups is 1. The van der Waals surface area contributed by atoms with Crippen LogP contribution in [0.5, 0.6) is 0 Å². The van der Waals surface area contributed by atoms with Crippen LogP contribution in [-0.2, 0) is 4.79 Å². The van der Waals surface area contributed by atoms with Gasteiger partial charge in [-0.1, -0.05) is 20.8 Å². The molecule has 0 bridgehead atoms. The Bertz CT molecular complexity index is 467. The molecule has 0 aliphatic heterocycles. The maximum atomic E-state index is 11.9. The Labute approximate surface area is 123 Å². The first-order valence-electron chi connectivity index (χ1n) is 6.81. The largest absolute Gasteiger partial charge is 0.481 e. The van der Waals surface area contributed by atoms with E-state index in [9.17, 15) is 9.59 Å². The van der Waals surface area contributed by atoms with Crippen LogP contribution in [0.1, 0.15) is 52.4 Å². The van der Waals surface area contributed by atoms with E-state index in [2.05, 4.69) is 25.8 Å². The van der Waals surface area contributed by atoms with Crippen molar-refractivity contribution in [2.75, 3.05) is 0 Å². The summed E-state index contributed by atoms with van der Waals surface area (Å²) in [5, 5.41) is 20.7. The van der Waals surface area contributed by atoms with Gasteiger partial charge in [0.1, 0.15) is 12.2 Å². The van der Waals surface area contributed by atoms with Gasteiger partial charge in [0, 0.05) is 6.04 Å². The van der Waals surface area contributed by atoms with Crippen LogP contribution in [0.2, 0.25) is 0 Å². The number of aromatic amines is 1. The first-order valence-corrected chi connectivity index (χ1v) is 6.81. The average molecular weight is 297 g/mol. The number of nitrogens with zero attached hydrogens (tertiary/aromatic N) is 2. The molecule has 1 heterocycles. The summed E-state index contributed by atoms with van der Waals surface area (Å²) in [7, 11) is 0. The molecule has 0 fully saturated rings. The fourth-order valence-electron chi connectivity index (χ4n) is 2.04. The Morgan fingerprint density at radius 1 is 1.38 bits per heavy atom. The predicted octanol–water partition coefficient (Wildman–Crippen LogP) is 1.44. The molecule has 0 saturated carbocycles. The summed E-state index contributed by atoms with van der Waals surface area (Å²) in [6.45, 7) is 7.76. The molecule has 2 unspecified atom stereocenters. The molecular weight excluding hydrogens is 274 g/mol. The number of aliphatic carboxylic acids is 1. The molecule has 4 N–H and O–H groups in total. The van der Waals surface area contributed by atoms with Crippen molar-refractivity contribution in [1.82, 2.24) is 25.8 Å². The van der Waals surface area contributed by atoms with Gasteiger partial charge in [0.2, 0.25) is 0 Å². The van der Waals surface area contributed by atoms with E-state index in [1.54, 1.807) is 6.92 Å². The zero-order chi connectivity index (χ0) is 16.0. The van der Waals surface area contributed by atoms with E-state index in [1.165, 1.54) is 6.33 Å². The molecular formula is C13H23N5O3. The lowest BCUT2D eigenvalue weighted by molar-refractivity contribution is -0.137. The highest BCUT2D eigenvalue weighted by Crippen LogP contribution is 2.22. The van der Waals surface area contributed by atoms with Crippen molar-refractivity contribution in [2.24, 2.45) is 5.41 Å². The molecule has 8 nitrogen and oxygen atoms in total. The van der Waals surface area contributed by atoms with Crippen LogP contribution in [0.15, 0.2) is 6.33 Å². The molecule has 21 heavy (non-hydrogen) atoms. The van der Waals surface area contributed by atoms with Gasteiger partial charge in [-0.25, -0.2) is 9.78 Å². The summed E-state index contributed by atoms with van der Waals surface area (Å²) < 4.78 is 0. The van der Waals surface area contributed by atoms with E-state index in [0.717, 1.165) is 0 Å². The lowest BCUT2D eigenvalue weighted by Crippen LogP contribution is -2.45. The fraction of sp³-hybridized carbons (Fsp3) is 0.692. The lowest BCUT2D eigenvalue weighted by Gasteiger charge is -2.26. The summed E-state index contributed by atoms with van der Waals surface area (Å²) in [5.74, 6) is -0.399. The van der Waals surface area contributed by atoms with Crippen LogP contribution in [0, 0.1) is 5.41 Å². The minimum Gasteiger partial charge on any atom is -0.481 e. The molecule has 2 amide bonds. The number of amides is 2. The minimum absolute atomic E-state index is 0.0794. The second-order valence-electron chi connectivity index (χ2n) is 6.27. The van der Waals surface area contributed by atoms with Crippen molar-refractivity contribution in [3.8, 4) is 0 Å². The third kappa shape index (κ3) is 6.73. The highest BCUT2D eigenvalue weighted by atomic mass is 16.4. The van der Waals surface area contributed by atoms with Crippen LogP contribution < -0.4 is 10.6 Å². The van der Waals surface area contributed by atoms with Gasteiger partial charge >= 0.3 is 12.0 Å². The van der Waals surface area contributed by atoms with E-state index in [1.807, 2.05) is 20.8 Å². The van der Waals surface area contributed by atoms with E-state index < -0.39 is 18.0 Å². The molecule has 1 rings (SSSR count). The van der Waals surface area contributed by atoms with Crippen LogP contribution in [0.25, 0.3) is 0 Å². The molecule has 0 aromatic carbocycles. The van der Waals surface area contributed by atoms with Crippen LogP contribution >= 0.6 is 0 Å². The normalized spacial score (nSPS) is 14.3. The molecule has 8 heteroatoms. The van der Waals surface area contributed by atoms with Gasteiger partial charge in [0.05, 0.1) is 12.5 Å². The predicted molar refractivity (Wildman–Crippen MR) is 76.6 cm³/mol. The summed E-state index contributed by atoms with van der Waals surface area (Å²) in [5.41, 5.74) is -0.0794. The maximum absolute atomic E-state index is 11.9. The standard InChI is InChI=1S/C13H23N5O3/c1-8(11-14-7-15-18-11)16-12(21)17-9(5-10(19)20)6-13(2,3)4/h7-9H,5-6H2,1-4H3,(H,19,20)(H,14,15,18)(H2,16,17,21). The van der Waals surface area contributed by atoms with Crippen molar-refractivity contribution in [3.05, 3.63) is 12.2 Å². The Morgan fingerprint density at radius 2 is 2.05 bits per heavy atom. The van der Waals surface area contributed by atoms with Gasteiger partial charge < -0.3 is 15.7 Å². The van der Waals surface area contributed by atoms with Crippen LogP contribution in [0.3, 0.4) is 0 Å². The SMILES string of the molecule is CC(NC(=O)NC(CC(=O)O)CC(C)(C)C)c1ncn[nH]1. The quantitative estimate of drug-likeness (QED) is 0.633. The molecule has 0 radical (unpaired) electrons. The van der Waals surface area contributed by atoms with Crippen molar-refractivity contribution < 1.29 is 14.7 Å². The van der Waals surface area contributed by atoms with Crippen molar-refractivity contribution in [1.29, 1.82) is 0 Å². The molecule has 118 valence electrons. The van der Waals surface area contributed by atoms with Crippen molar-refractivity contribution >= 4 is 12.0 Å². The lowest BCUT2D eigenvalue weighted by atomic mass is 9.87. The Kier molecular flexibility index (Phi) is 5.69. The molecule has 0 saturated heterocycles. The number of H-pyrrole nitrogens is 1. The van der Waals surface area contributed by atoms with E-state index in [4.69, 9.17) is 5.11 Å². The van der Waals surface area contributed by atoms with Gasteiger partial charge in [-0.05, 0) is 18.8 Å². The van der Waals surface area contributed by atoms with Gasteiger partial charge in [-0.3, -0.25) is 9.89 Å². The number of carbonyl (C=O) groups is 2. The number of aromatic nitrogens is 3. The second-order valence-corrected chi connectivity index (χ2v) is 6.27. The van der Waals surface area contributed by atoms with Gasteiger partial charge in [0.15, 0.2) is 0 Å². The second kappa shape index (κ2) is 7.05. The van der Waals surface area contributed by atoms with Gasteiger partial charge in [0.25, 0.3) is 0 Å². The number of hydrogen-bond acceptors (Lipinski definition) is 4. The topological polar surface area (TPSA) is 120 Å². The summed E-state index contributed by atoms with van der Waals surface area (Å²) in [4.78, 5) is 26.8. The van der Waals surface area contributed by atoms with E-state index in [-0.39, 0.29) is 17.9 Å². The third-order valence-corrected chi connectivity index (χ3v) is 2.81. The summed E-state index contributed by atoms with van der Waals surface area (Å²) >= 11 is 0. The first kappa shape index (κ1) is 16.9. The smallest absolute Gasteiger partial charge is 0.315 e. The number of carboxylic acid groups (broad SMARTS) is 1. The summed E-state index contributed by atoms with van der Waals surface area (Å²) in [6.07, 6.45) is 1.82. The average Bonchev–Trinajstić information content (AvgIpc) is 2.77. The Hall–Kier alpha value is -2.12. The molecule has 0 aliphatic carbocycles. The number of nitrogens with one attached hydrogen (secondary N) is 3. The molecule has 0 spiro atoms. The van der Waals surface area contributed by atoms with E-state index >= 15 is 0 Å². The number of carboxylic acids is 1. The number of rotatable bonds is 6. The first-order chi connectivity index (χ1) is 9.67. The monoisotopic (exact) mass is 297 g/mol. The van der Waals surface area contributed by atoms with Gasteiger partial charge in [-0.15, -0.1) is 0 Å². The fourth-order valence-corrected chi connectivity index (χ4v) is 2.04. The summed E-state index contributed by atoms with van der Waals surface area (Å²) in [6, 6.07) is -1.19.